The molecule has 3 rings (SSSR count). The van der Waals surface area contributed by atoms with E-state index in [2.05, 4.69) is 10.4 Å². The van der Waals surface area contributed by atoms with E-state index in [1.54, 1.807) is 6.92 Å². The molecule has 0 bridgehead atoms. The molecule has 30 heavy (non-hydrogen) atoms. The lowest BCUT2D eigenvalue weighted by atomic mass is 10.1. The van der Waals surface area contributed by atoms with E-state index in [4.69, 9.17) is 4.74 Å². The van der Waals surface area contributed by atoms with Crippen LogP contribution in [0.3, 0.4) is 0 Å². The standard InChI is InChI=1S/C17H20N4O7S2/c1-4-28-17(23)14-11-5-6-30(26,27)8-12(11)29-16(14)18-13(22)7-20-10(3)15(21(24)25)9(2)19-20/h4-8H2,1-3H3,(H,18,22). The van der Waals surface area contributed by atoms with Gasteiger partial charge in [-0.25, -0.2) is 13.2 Å². The fraction of sp³-hybridized carbons (Fsp3) is 0.471. The summed E-state index contributed by atoms with van der Waals surface area (Å²) in [7, 11) is -3.26. The van der Waals surface area contributed by atoms with Crippen molar-refractivity contribution in [2.24, 2.45) is 0 Å². The number of amides is 1. The van der Waals surface area contributed by atoms with Crippen LogP contribution in [0, 0.1) is 24.0 Å². The Morgan fingerprint density at radius 2 is 2.07 bits per heavy atom. The van der Waals surface area contributed by atoms with Gasteiger partial charge in [-0.1, -0.05) is 0 Å². The molecule has 1 aliphatic rings. The number of carbonyl (C=O) groups is 2. The SMILES string of the molecule is CCOC(=O)c1c(NC(=O)Cn2nc(C)c([N+](=O)[O-])c2C)sc2c1CCS(=O)(=O)C2. The molecule has 0 saturated carbocycles. The van der Waals surface area contributed by atoms with Gasteiger partial charge in [-0.05, 0) is 32.8 Å². The number of aromatic nitrogens is 2. The first-order chi connectivity index (χ1) is 14.0. The molecule has 2 aromatic heterocycles. The third kappa shape index (κ3) is 4.21. The van der Waals surface area contributed by atoms with Gasteiger partial charge < -0.3 is 10.1 Å². The van der Waals surface area contributed by atoms with Crippen LogP contribution in [0.4, 0.5) is 10.7 Å². The summed E-state index contributed by atoms with van der Waals surface area (Å²) in [6, 6.07) is 0. The largest absolute Gasteiger partial charge is 0.462 e. The zero-order valence-corrected chi connectivity index (χ0v) is 18.2. The molecule has 1 N–H and O–H groups in total. The number of sulfone groups is 1. The Hall–Kier alpha value is -2.80. The minimum absolute atomic E-state index is 0.0774. The van der Waals surface area contributed by atoms with Crippen LogP contribution in [-0.4, -0.2) is 47.4 Å². The lowest BCUT2D eigenvalue weighted by molar-refractivity contribution is -0.386. The minimum Gasteiger partial charge on any atom is -0.462 e. The van der Waals surface area contributed by atoms with Gasteiger partial charge in [0.25, 0.3) is 0 Å². The van der Waals surface area contributed by atoms with Crippen LogP contribution in [0.2, 0.25) is 0 Å². The van der Waals surface area contributed by atoms with Crippen molar-refractivity contribution in [1.29, 1.82) is 0 Å². The first kappa shape index (κ1) is 21.9. The number of fused-ring (bicyclic) bond motifs is 1. The zero-order valence-electron chi connectivity index (χ0n) is 16.6. The highest BCUT2D eigenvalue weighted by atomic mass is 32.2. The molecule has 1 amide bonds. The Morgan fingerprint density at radius 1 is 1.37 bits per heavy atom. The summed E-state index contributed by atoms with van der Waals surface area (Å²) in [6.45, 7) is 4.44. The maximum Gasteiger partial charge on any atom is 0.341 e. The molecule has 162 valence electrons. The Morgan fingerprint density at radius 3 is 2.67 bits per heavy atom. The van der Waals surface area contributed by atoms with E-state index in [0.29, 0.717) is 10.4 Å². The zero-order chi connectivity index (χ0) is 22.2. The number of thiophene rings is 1. The molecule has 0 aromatic carbocycles. The van der Waals surface area contributed by atoms with Crippen molar-refractivity contribution in [3.63, 3.8) is 0 Å². The normalized spacial score (nSPS) is 14.8. The summed E-state index contributed by atoms with van der Waals surface area (Å²) in [5.74, 6) is -1.46. The number of rotatable bonds is 6. The van der Waals surface area contributed by atoms with E-state index < -0.39 is 26.6 Å². The molecule has 0 saturated heterocycles. The molecule has 3 heterocycles. The van der Waals surface area contributed by atoms with Gasteiger partial charge in [0.15, 0.2) is 9.84 Å². The molecular formula is C17H20N4O7S2. The van der Waals surface area contributed by atoms with Crippen LogP contribution in [-0.2, 0) is 38.1 Å². The number of aryl methyl sites for hydroxylation is 1. The second-order valence-electron chi connectivity index (χ2n) is 6.75. The topological polar surface area (TPSA) is 150 Å². The molecule has 13 heteroatoms. The highest BCUT2D eigenvalue weighted by Gasteiger charge is 2.32. The van der Waals surface area contributed by atoms with Gasteiger partial charge in [-0.3, -0.25) is 19.6 Å². The number of esters is 1. The molecule has 0 spiro atoms. The Balaban J connectivity index is 1.90. The van der Waals surface area contributed by atoms with E-state index in [9.17, 15) is 28.1 Å². The average Bonchev–Trinajstić information content (AvgIpc) is 3.09. The fourth-order valence-electron chi connectivity index (χ4n) is 3.34. The van der Waals surface area contributed by atoms with Crippen molar-refractivity contribution < 1.29 is 27.7 Å². The summed E-state index contributed by atoms with van der Waals surface area (Å²) in [5.41, 5.74) is 1.00. The Labute approximate surface area is 176 Å². The summed E-state index contributed by atoms with van der Waals surface area (Å²) < 4.78 is 30.2. The molecule has 0 fully saturated rings. The lowest BCUT2D eigenvalue weighted by Crippen LogP contribution is -2.22. The van der Waals surface area contributed by atoms with E-state index in [-0.39, 0.29) is 58.7 Å². The van der Waals surface area contributed by atoms with Crippen LogP contribution in [0.1, 0.15) is 39.1 Å². The molecule has 0 atom stereocenters. The monoisotopic (exact) mass is 456 g/mol. The third-order valence-corrected chi connectivity index (χ3v) is 7.54. The van der Waals surface area contributed by atoms with Gasteiger partial charge in [-0.15, -0.1) is 11.3 Å². The van der Waals surface area contributed by atoms with Crippen LogP contribution >= 0.6 is 11.3 Å². The molecule has 0 aliphatic carbocycles. The highest BCUT2D eigenvalue weighted by molar-refractivity contribution is 7.90. The van der Waals surface area contributed by atoms with Crippen molar-refractivity contribution in [3.8, 4) is 0 Å². The van der Waals surface area contributed by atoms with Crippen molar-refractivity contribution in [2.45, 2.75) is 39.5 Å². The summed E-state index contributed by atoms with van der Waals surface area (Å²) in [5, 5.41) is 18.0. The van der Waals surface area contributed by atoms with Crippen LogP contribution in [0.15, 0.2) is 0 Å². The molecule has 11 nitrogen and oxygen atoms in total. The first-order valence-corrected chi connectivity index (χ1v) is 11.7. The highest BCUT2D eigenvalue weighted by Crippen LogP contribution is 2.38. The second kappa shape index (κ2) is 8.14. The number of carbonyl (C=O) groups excluding carboxylic acids is 2. The first-order valence-electron chi connectivity index (χ1n) is 9.04. The molecular weight excluding hydrogens is 436 g/mol. The molecule has 0 unspecified atom stereocenters. The van der Waals surface area contributed by atoms with Crippen molar-refractivity contribution in [3.05, 3.63) is 37.5 Å². The van der Waals surface area contributed by atoms with Crippen LogP contribution in [0.5, 0.6) is 0 Å². The van der Waals surface area contributed by atoms with Crippen molar-refractivity contribution in [1.82, 2.24) is 9.78 Å². The van der Waals surface area contributed by atoms with E-state index >= 15 is 0 Å². The van der Waals surface area contributed by atoms with Crippen LogP contribution in [0.25, 0.3) is 0 Å². The average molecular weight is 457 g/mol. The van der Waals surface area contributed by atoms with Crippen LogP contribution < -0.4 is 5.32 Å². The quantitative estimate of drug-likeness (QED) is 0.392. The fourth-order valence-corrected chi connectivity index (χ4v) is 6.39. The number of ether oxygens (including phenoxy) is 1. The van der Waals surface area contributed by atoms with Gasteiger partial charge >= 0.3 is 11.7 Å². The van der Waals surface area contributed by atoms with E-state index in [0.717, 1.165) is 11.3 Å². The number of nitrogens with zero attached hydrogens (tertiary/aromatic N) is 3. The number of nitro groups is 1. The lowest BCUT2D eigenvalue weighted by Gasteiger charge is -2.13. The maximum atomic E-state index is 12.6. The van der Waals surface area contributed by atoms with Crippen molar-refractivity contribution >= 4 is 43.7 Å². The number of hydrogen-bond acceptors (Lipinski definition) is 9. The Kier molecular flexibility index (Phi) is 5.94. The maximum absolute atomic E-state index is 12.6. The predicted molar refractivity (Wildman–Crippen MR) is 108 cm³/mol. The number of nitrogens with one attached hydrogen (secondary N) is 1. The van der Waals surface area contributed by atoms with E-state index in [1.165, 1.54) is 18.5 Å². The van der Waals surface area contributed by atoms with Gasteiger partial charge in [0.2, 0.25) is 5.91 Å². The molecule has 1 aliphatic heterocycles. The van der Waals surface area contributed by atoms with Gasteiger partial charge in [0.05, 0.1) is 28.6 Å². The molecule has 0 radical (unpaired) electrons. The van der Waals surface area contributed by atoms with Gasteiger partial charge in [0.1, 0.15) is 22.9 Å². The minimum atomic E-state index is -3.26. The number of hydrogen-bond donors (Lipinski definition) is 1. The third-order valence-electron chi connectivity index (χ3n) is 4.66. The number of anilines is 1. The predicted octanol–water partition coefficient (Wildman–Crippen LogP) is 1.76. The molecule has 2 aromatic rings. The van der Waals surface area contributed by atoms with E-state index in [1.807, 2.05) is 0 Å². The second-order valence-corrected chi connectivity index (χ2v) is 10.0. The summed E-state index contributed by atoms with van der Waals surface area (Å²) in [6.07, 6.45) is 0.168. The smallest absolute Gasteiger partial charge is 0.341 e. The van der Waals surface area contributed by atoms with Gasteiger partial charge in [0, 0.05) is 4.88 Å². The summed E-state index contributed by atoms with van der Waals surface area (Å²) >= 11 is 1.02. The van der Waals surface area contributed by atoms with Crippen molar-refractivity contribution in [2.75, 3.05) is 17.7 Å². The summed E-state index contributed by atoms with van der Waals surface area (Å²) in [4.78, 5) is 36.1. The Bertz CT molecular complexity index is 1150. The van der Waals surface area contributed by atoms with Gasteiger partial charge in [-0.2, -0.15) is 5.10 Å².